The molecule has 0 aliphatic carbocycles. The normalized spacial score (nSPS) is 10.9. The van der Waals surface area contributed by atoms with E-state index in [4.69, 9.17) is 11.6 Å². The van der Waals surface area contributed by atoms with Crippen molar-refractivity contribution in [2.75, 3.05) is 0 Å². The van der Waals surface area contributed by atoms with Gasteiger partial charge in [-0.1, -0.05) is 29.8 Å². The van der Waals surface area contributed by atoms with Crippen LogP contribution >= 0.6 is 11.6 Å². The maximum Gasteiger partial charge on any atom is 0.333 e. The van der Waals surface area contributed by atoms with Crippen molar-refractivity contribution in [2.45, 2.75) is 6.55 Å². The summed E-state index contributed by atoms with van der Waals surface area (Å²) in [5.41, 5.74) is 0.916. The molecule has 5 heteroatoms. The fourth-order valence-corrected chi connectivity index (χ4v) is 1.41. The van der Waals surface area contributed by atoms with Gasteiger partial charge in [0.2, 0.25) is 0 Å². The van der Waals surface area contributed by atoms with Crippen LogP contribution in [0.5, 0.6) is 0 Å². The lowest BCUT2D eigenvalue weighted by atomic mass is 10.2. The summed E-state index contributed by atoms with van der Waals surface area (Å²) >= 11 is 5.89. The minimum atomic E-state index is -2.66. The molecule has 1 heterocycles. The first-order valence-corrected chi connectivity index (χ1v) is 4.56. The van der Waals surface area contributed by atoms with E-state index >= 15 is 0 Å². The van der Waals surface area contributed by atoms with Crippen molar-refractivity contribution in [3.8, 4) is 11.3 Å². The number of halogens is 3. The minimum Gasteiger partial charge on any atom is -0.210 e. The molecule has 2 rings (SSSR count). The maximum absolute atomic E-state index is 12.2. The van der Waals surface area contributed by atoms with Gasteiger partial charge in [0.1, 0.15) is 5.69 Å². The maximum atomic E-state index is 12.2. The molecule has 0 fully saturated rings. The Morgan fingerprint density at radius 2 is 2.07 bits per heavy atom. The molecule has 0 bridgehead atoms. The van der Waals surface area contributed by atoms with E-state index in [1.54, 1.807) is 24.3 Å². The molecular weight excluding hydrogens is 222 g/mol. The number of rotatable bonds is 2. The van der Waals surface area contributed by atoms with E-state index in [0.29, 0.717) is 21.0 Å². The van der Waals surface area contributed by atoms with Gasteiger partial charge in [0, 0.05) is 17.8 Å². The number of alkyl halides is 2. The van der Waals surface area contributed by atoms with E-state index in [2.05, 4.69) is 11.2 Å². The molecule has 1 radical (unpaired) electrons. The highest BCUT2D eigenvalue weighted by Crippen LogP contribution is 2.26. The zero-order valence-electron chi connectivity index (χ0n) is 7.49. The molecule has 0 saturated carbocycles. The molecule has 0 aliphatic rings. The highest BCUT2D eigenvalue weighted by atomic mass is 35.5. The summed E-state index contributed by atoms with van der Waals surface area (Å²) in [6.45, 7) is -2.66. The third-order valence-electron chi connectivity index (χ3n) is 1.88. The molecule has 0 spiro atoms. The van der Waals surface area contributed by atoms with Gasteiger partial charge >= 0.3 is 6.55 Å². The van der Waals surface area contributed by atoms with Gasteiger partial charge in [0.05, 0.1) is 5.02 Å². The molecular formula is C10H6ClF2N2. The second-order valence-corrected chi connectivity index (χ2v) is 3.27. The van der Waals surface area contributed by atoms with Crippen molar-refractivity contribution >= 4 is 11.6 Å². The first-order valence-electron chi connectivity index (χ1n) is 4.18. The number of benzene rings is 1. The summed E-state index contributed by atoms with van der Waals surface area (Å²) in [6, 6.07) is 9.53. The highest BCUT2D eigenvalue weighted by molar-refractivity contribution is 6.33. The van der Waals surface area contributed by atoms with Gasteiger partial charge in [0.15, 0.2) is 0 Å². The van der Waals surface area contributed by atoms with Crippen LogP contribution in [0.25, 0.3) is 11.3 Å². The Balaban J connectivity index is 2.42. The van der Waals surface area contributed by atoms with Crippen LogP contribution in [0, 0.1) is 6.07 Å². The lowest BCUT2D eigenvalue weighted by Gasteiger charge is -1.99. The SMILES string of the molecule is FC(F)n1c[c]c(-c2ccccc2Cl)n1. The molecule has 15 heavy (non-hydrogen) atoms. The van der Waals surface area contributed by atoms with Gasteiger partial charge in [-0.15, -0.1) is 0 Å². The van der Waals surface area contributed by atoms with Crippen LogP contribution < -0.4 is 0 Å². The third kappa shape index (κ3) is 1.99. The Bertz CT molecular complexity index is 468. The van der Waals surface area contributed by atoms with E-state index in [-0.39, 0.29) is 0 Å². The van der Waals surface area contributed by atoms with Crippen LogP contribution in [0.2, 0.25) is 5.02 Å². The Morgan fingerprint density at radius 3 is 2.67 bits per heavy atom. The van der Waals surface area contributed by atoms with Crippen molar-refractivity contribution < 1.29 is 8.78 Å². The fourth-order valence-electron chi connectivity index (χ4n) is 1.19. The summed E-state index contributed by atoms with van der Waals surface area (Å²) < 4.78 is 25.0. The summed E-state index contributed by atoms with van der Waals surface area (Å²) in [5.74, 6) is 0. The molecule has 0 N–H and O–H groups in total. The van der Waals surface area contributed by atoms with Gasteiger partial charge < -0.3 is 0 Å². The molecule has 77 valence electrons. The molecule has 0 aliphatic heterocycles. The number of hydrogen-bond acceptors (Lipinski definition) is 1. The Kier molecular flexibility index (Phi) is 2.68. The molecule has 0 unspecified atom stereocenters. The topological polar surface area (TPSA) is 17.8 Å². The molecule has 2 aromatic rings. The second-order valence-electron chi connectivity index (χ2n) is 2.86. The minimum absolute atomic E-state index is 0.320. The van der Waals surface area contributed by atoms with E-state index in [0.717, 1.165) is 6.20 Å². The highest BCUT2D eigenvalue weighted by Gasteiger charge is 2.10. The van der Waals surface area contributed by atoms with Crippen LogP contribution in [0.15, 0.2) is 30.5 Å². The quantitative estimate of drug-likeness (QED) is 0.769. The van der Waals surface area contributed by atoms with Crippen LogP contribution in [-0.2, 0) is 0 Å². The first kappa shape index (κ1) is 10.1. The lowest BCUT2D eigenvalue weighted by Crippen LogP contribution is -1.98. The van der Waals surface area contributed by atoms with Crippen LogP contribution in [-0.4, -0.2) is 9.78 Å². The van der Waals surface area contributed by atoms with E-state index in [1.807, 2.05) is 0 Å². The van der Waals surface area contributed by atoms with Gasteiger partial charge in [0.25, 0.3) is 0 Å². The largest absolute Gasteiger partial charge is 0.333 e. The molecule has 1 aromatic heterocycles. The van der Waals surface area contributed by atoms with Crippen molar-refractivity contribution in [1.82, 2.24) is 9.78 Å². The zero-order chi connectivity index (χ0) is 10.8. The summed E-state index contributed by atoms with van der Waals surface area (Å²) in [7, 11) is 0. The van der Waals surface area contributed by atoms with Crippen molar-refractivity contribution in [3.63, 3.8) is 0 Å². The van der Waals surface area contributed by atoms with Crippen LogP contribution in [0.1, 0.15) is 6.55 Å². The van der Waals surface area contributed by atoms with Gasteiger partial charge in [-0.2, -0.15) is 13.9 Å². The zero-order valence-corrected chi connectivity index (χ0v) is 8.25. The van der Waals surface area contributed by atoms with Gasteiger partial charge in [-0.05, 0) is 6.07 Å². The molecule has 0 saturated heterocycles. The average Bonchev–Trinajstić information content (AvgIpc) is 2.67. The standard InChI is InChI=1S/C10H6ClF2N2/c11-8-4-2-1-3-7(8)9-5-6-15(14-9)10(12)13/h1-4,6,10H. The average molecular weight is 228 g/mol. The van der Waals surface area contributed by atoms with Gasteiger partial charge in [-0.3, -0.25) is 0 Å². The summed E-state index contributed by atoms with van der Waals surface area (Å²) in [5, 5.41) is 4.13. The van der Waals surface area contributed by atoms with Crippen molar-refractivity contribution in [1.29, 1.82) is 0 Å². The van der Waals surface area contributed by atoms with Crippen LogP contribution in [0.3, 0.4) is 0 Å². The fraction of sp³-hybridized carbons (Fsp3) is 0.100. The van der Waals surface area contributed by atoms with Crippen LogP contribution in [0.4, 0.5) is 8.78 Å². The Labute approximate surface area is 90.1 Å². The second kappa shape index (κ2) is 3.98. The van der Waals surface area contributed by atoms with Crippen molar-refractivity contribution in [2.24, 2.45) is 0 Å². The molecule has 2 nitrogen and oxygen atoms in total. The first-order chi connectivity index (χ1) is 7.18. The predicted molar refractivity (Wildman–Crippen MR) is 52.8 cm³/mol. The molecule has 1 aromatic carbocycles. The number of hydrogen-bond donors (Lipinski definition) is 0. The lowest BCUT2D eigenvalue weighted by molar-refractivity contribution is 0.0568. The Hall–Kier alpha value is -1.42. The monoisotopic (exact) mass is 227 g/mol. The molecule has 0 atom stereocenters. The Morgan fingerprint density at radius 1 is 1.33 bits per heavy atom. The summed E-state index contributed by atoms with van der Waals surface area (Å²) in [4.78, 5) is 0. The molecule has 0 amide bonds. The number of nitrogens with zero attached hydrogens (tertiary/aromatic N) is 2. The third-order valence-corrected chi connectivity index (χ3v) is 2.21. The predicted octanol–water partition coefficient (Wildman–Crippen LogP) is 3.40. The van der Waals surface area contributed by atoms with Crippen molar-refractivity contribution in [3.05, 3.63) is 41.6 Å². The van der Waals surface area contributed by atoms with E-state index < -0.39 is 6.55 Å². The van der Waals surface area contributed by atoms with E-state index in [1.165, 1.54) is 0 Å². The summed E-state index contributed by atoms with van der Waals surface area (Å²) in [6.07, 6.45) is 1.10. The smallest absolute Gasteiger partial charge is 0.210 e. The number of aromatic nitrogens is 2. The van der Waals surface area contributed by atoms with E-state index in [9.17, 15) is 8.78 Å². The van der Waals surface area contributed by atoms with Gasteiger partial charge in [-0.25, -0.2) is 4.68 Å².